The lowest BCUT2D eigenvalue weighted by atomic mass is 10.0. The van der Waals surface area contributed by atoms with E-state index in [2.05, 4.69) is 11.4 Å². The Hall–Kier alpha value is -1.16. The molecule has 0 aliphatic heterocycles. The van der Waals surface area contributed by atoms with Gasteiger partial charge in [-0.3, -0.25) is 4.79 Å². The van der Waals surface area contributed by atoms with Crippen LogP contribution in [0.1, 0.15) is 56.6 Å². The molecule has 1 aliphatic rings. The molecule has 1 fully saturated rings. The maximum atomic E-state index is 12.4. The Morgan fingerprint density at radius 2 is 1.88 bits per heavy atom. The molecule has 1 aromatic carbocycles. The third kappa shape index (κ3) is 6.39. The van der Waals surface area contributed by atoms with Gasteiger partial charge in [-0.25, -0.2) is 0 Å². The molecular weight excluding hydrogens is 318 g/mol. The number of rotatable bonds is 8. The first kappa shape index (κ1) is 19.2. The van der Waals surface area contributed by atoms with Gasteiger partial charge in [-0.2, -0.15) is 11.8 Å². The van der Waals surface area contributed by atoms with Crippen molar-refractivity contribution < 1.29 is 9.53 Å². The third-order valence-corrected chi connectivity index (χ3v) is 5.83. The van der Waals surface area contributed by atoms with E-state index in [1.54, 1.807) is 0 Å². The summed E-state index contributed by atoms with van der Waals surface area (Å²) >= 11 is 2.01. The molecule has 1 aromatic rings. The van der Waals surface area contributed by atoms with Crippen molar-refractivity contribution in [3.8, 4) is 5.75 Å². The van der Waals surface area contributed by atoms with Gasteiger partial charge < -0.3 is 10.1 Å². The van der Waals surface area contributed by atoms with Gasteiger partial charge in [0.25, 0.3) is 5.91 Å². The molecule has 0 radical (unpaired) electrons. The van der Waals surface area contributed by atoms with Gasteiger partial charge in [0.2, 0.25) is 0 Å². The zero-order valence-electron chi connectivity index (χ0n) is 15.3. The van der Waals surface area contributed by atoms with E-state index >= 15 is 0 Å². The van der Waals surface area contributed by atoms with E-state index in [4.69, 9.17) is 4.74 Å². The average molecular weight is 350 g/mol. The maximum Gasteiger partial charge on any atom is 0.261 e. The number of aryl methyl sites for hydroxylation is 2. The van der Waals surface area contributed by atoms with Gasteiger partial charge in [-0.1, -0.05) is 32.3 Å². The summed E-state index contributed by atoms with van der Waals surface area (Å²) in [4.78, 5) is 12.4. The van der Waals surface area contributed by atoms with Crippen LogP contribution in [0, 0.1) is 13.8 Å². The molecular formula is C20H31NO2S. The lowest BCUT2D eigenvalue weighted by Crippen LogP contribution is -2.39. The molecule has 0 spiro atoms. The second-order valence-electron chi connectivity index (χ2n) is 6.76. The fraction of sp³-hybridized carbons (Fsp3) is 0.650. The molecule has 1 saturated carbocycles. The number of carbonyl (C=O) groups is 1. The smallest absolute Gasteiger partial charge is 0.261 e. The van der Waals surface area contributed by atoms with Crippen molar-refractivity contribution in [2.75, 3.05) is 12.3 Å². The van der Waals surface area contributed by atoms with E-state index in [1.807, 2.05) is 44.7 Å². The summed E-state index contributed by atoms with van der Waals surface area (Å²) in [5.41, 5.74) is 2.31. The van der Waals surface area contributed by atoms with E-state index in [9.17, 15) is 4.79 Å². The number of ether oxygens (including phenoxy) is 1. The average Bonchev–Trinajstić information content (AvgIpc) is 2.56. The molecule has 0 unspecified atom stereocenters. The minimum atomic E-state index is -0.411. The summed E-state index contributed by atoms with van der Waals surface area (Å²) in [5, 5.41) is 3.83. The van der Waals surface area contributed by atoms with Crippen LogP contribution in [0.25, 0.3) is 0 Å². The second kappa shape index (κ2) is 9.97. The highest BCUT2D eigenvalue weighted by atomic mass is 32.2. The number of hydrogen-bond donors (Lipinski definition) is 1. The first-order valence-electron chi connectivity index (χ1n) is 9.22. The zero-order valence-corrected chi connectivity index (χ0v) is 16.1. The van der Waals surface area contributed by atoms with Crippen LogP contribution >= 0.6 is 11.8 Å². The number of nitrogens with one attached hydrogen (secondary N) is 1. The first-order chi connectivity index (χ1) is 11.6. The summed E-state index contributed by atoms with van der Waals surface area (Å²) in [6, 6.07) is 6.08. The molecule has 3 nitrogen and oxygen atoms in total. The molecule has 1 amide bonds. The Balaban J connectivity index is 1.74. The molecule has 0 heterocycles. The highest BCUT2D eigenvalue weighted by Gasteiger charge is 2.19. The monoisotopic (exact) mass is 349 g/mol. The fourth-order valence-electron chi connectivity index (χ4n) is 3.23. The van der Waals surface area contributed by atoms with Crippen LogP contribution in [0.15, 0.2) is 18.2 Å². The number of hydrogen-bond acceptors (Lipinski definition) is 3. The highest BCUT2D eigenvalue weighted by Crippen LogP contribution is 2.27. The van der Waals surface area contributed by atoms with Crippen molar-refractivity contribution in [2.45, 2.75) is 70.7 Å². The number of thioether (sulfide) groups is 1. The molecule has 134 valence electrons. The molecule has 4 heteroatoms. The molecule has 1 aliphatic carbocycles. The number of amides is 1. The van der Waals surface area contributed by atoms with Crippen molar-refractivity contribution >= 4 is 17.7 Å². The predicted octanol–water partition coefficient (Wildman–Crippen LogP) is 4.64. The fourth-order valence-corrected chi connectivity index (χ4v) is 4.45. The van der Waals surface area contributed by atoms with Crippen molar-refractivity contribution in [2.24, 2.45) is 0 Å². The van der Waals surface area contributed by atoms with Crippen LogP contribution in [-0.2, 0) is 4.79 Å². The Morgan fingerprint density at radius 3 is 2.50 bits per heavy atom. The summed E-state index contributed by atoms with van der Waals surface area (Å²) in [5.74, 6) is 1.78. The van der Waals surface area contributed by atoms with Gasteiger partial charge in [0.1, 0.15) is 5.75 Å². The summed E-state index contributed by atoms with van der Waals surface area (Å²) in [6.45, 7) is 6.81. The zero-order chi connectivity index (χ0) is 17.4. The number of carbonyl (C=O) groups excluding carboxylic acids is 1. The molecule has 0 aromatic heterocycles. The van der Waals surface area contributed by atoms with E-state index in [-0.39, 0.29) is 5.91 Å². The van der Waals surface area contributed by atoms with Gasteiger partial charge >= 0.3 is 0 Å². The number of benzene rings is 1. The molecule has 2 rings (SSSR count). The topological polar surface area (TPSA) is 38.3 Å². The Labute approximate surface area is 150 Å². The third-order valence-electron chi connectivity index (χ3n) is 4.44. The molecule has 0 bridgehead atoms. The lowest BCUT2D eigenvalue weighted by Gasteiger charge is -2.21. The summed E-state index contributed by atoms with van der Waals surface area (Å²) in [6.07, 6.45) is 7.07. The molecule has 1 N–H and O–H groups in total. The van der Waals surface area contributed by atoms with E-state index in [0.717, 1.165) is 34.4 Å². The SMILES string of the molecule is CC[C@@H](Oc1cc(C)cc(C)c1)C(=O)NCCSC1CCCCC1. The standard InChI is InChI=1S/C20H31NO2S/c1-4-19(23-17-13-15(2)12-16(3)14-17)20(22)21-10-11-24-18-8-6-5-7-9-18/h12-14,18-19H,4-11H2,1-3H3,(H,21,22)/t19-/m1/s1. The minimum absolute atomic E-state index is 0.000836. The molecule has 24 heavy (non-hydrogen) atoms. The van der Waals surface area contributed by atoms with Crippen LogP contribution in [-0.4, -0.2) is 29.6 Å². The van der Waals surface area contributed by atoms with E-state index in [1.165, 1.54) is 32.1 Å². The van der Waals surface area contributed by atoms with Crippen molar-refractivity contribution in [1.82, 2.24) is 5.32 Å². The largest absolute Gasteiger partial charge is 0.481 e. The van der Waals surface area contributed by atoms with Gasteiger partial charge in [0, 0.05) is 17.5 Å². The predicted molar refractivity (Wildman–Crippen MR) is 103 cm³/mol. The van der Waals surface area contributed by atoms with Crippen molar-refractivity contribution in [3.05, 3.63) is 29.3 Å². The second-order valence-corrected chi connectivity index (χ2v) is 8.17. The Kier molecular flexibility index (Phi) is 7.97. The quantitative estimate of drug-likeness (QED) is 0.695. The normalized spacial score (nSPS) is 16.6. The van der Waals surface area contributed by atoms with E-state index < -0.39 is 6.10 Å². The van der Waals surface area contributed by atoms with Crippen LogP contribution in [0.5, 0.6) is 5.75 Å². The lowest BCUT2D eigenvalue weighted by molar-refractivity contribution is -0.127. The van der Waals surface area contributed by atoms with Crippen LogP contribution < -0.4 is 10.1 Å². The summed E-state index contributed by atoms with van der Waals surface area (Å²) < 4.78 is 5.92. The van der Waals surface area contributed by atoms with Gasteiger partial charge in [0.15, 0.2) is 6.10 Å². The minimum Gasteiger partial charge on any atom is -0.481 e. The van der Waals surface area contributed by atoms with Crippen LogP contribution in [0.4, 0.5) is 0 Å². The summed E-state index contributed by atoms with van der Waals surface area (Å²) in [7, 11) is 0. The van der Waals surface area contributed by atoms with Gasteiger partial charge in [0.05, 0.1) is 0 Å². The first-order valence-corrected chi connectivity index (χ1v) is 10.3. The molecule has 1 atom stereocenters. The van der Waals surface area contributed by atoms with Crippen LogP contribution in [0.2, 0.25) is 0 Å². The Bertz CT molecular complexity index is 506. The maximum absolute atomic E-state index is 12.4. The Morgan fingerprint density at radius 1 is 1.21 bits per heavy atom. The van der Waals surface area contributed by atoms with Crippen molar-refractivity contribution in [1.29, 1.82) is 0 Å². The van der Waals surface area contributed by atoms with Gasteiger partial charge in [-0.05, 0) is 56.4 Å². The van der Waals surface area contributed by atoms with Crippen molar-refractivity contribution in [3.63, 3.8) is 0 Å². The van der Waals surface area contributed by atoms with Gasteiger partial charge in [-0.15, -0.1) is 0 Å². The van der Waals surface area contributed by atoms with Crippen LogP contribution in [0.3, 0.4) is 0 Å². The van der Waals surface area contributed by atoms with E-state index in [0.29, 0.717) is 6.42 Å². The highest BCUT2D eigenvalue weighted by molar-refractivity contribution is 7.99. The molecule has 0 saturated heterocycles.